The van der Waals surface area contributed by atoms with Crippen LogP contribution in [0.15, 0.2) is 5.10 Å². The van der Waals surface area contributed by atoms with Crippen LogP contribution in [0.5, 0.6) is 0 Å². The smallest absolute Gasteiger partial charge is 0.265 e. The van der Waals surface area contributed by atoms with Crippen LogP contribution in [0.1, 0.15) is 6.42 Å². The summed E-state index contributed by atoms with van der Waals surface area (Å²) in [7, 11) is 0. The number of nitrogens with two attached hydrogens (primary N) is 2. The average Bonchev–Trinajstić information content (AvgIpc) is 1.85. The van der Waals surface area contributed by atoms with Crippen LogP contribution in [0.2, 0.25) is 0 Å². The SMILES string of the molecule is NC1=NN(N)C(=O)C1. The molecular weight excluding hydrogens is 108 g/mol. The molecule has 0 aliphatic carbocycles. The summed E-state index contributed by atoms with van der Waals surface area (Å²) in [4.78, 5) is 10.4. The fraction of sp³-hybridized carbons (Fsp3) is 0.333. The van der Waals surface area contributed by atoms with Crippen molar-refractivity contribution < 1.29 is 4.79 Å². The normalized spacial score (nSPS) is 19.4. The van der Waals surface area contributed by atoms with Gasteiger partial charge in [-0.3, -0.25) is 4.79 Å². The van der Waals surface area contributed by atoms with Crippen LogP contribution in [0.3, 0.4) is 0 Å². The molecule has 0 unspecified atom stereocenters. The number of hydrazone groups is 1. The van der Waals surface area contributed by atoms with Crippen LogP contribution < -0.4 is 11.6 Å². The number of amidine groups is 1. The molecule has 1 heterocycles. The van der Waals surface area contributed by atoms with E-state index >= 15 is 0 Å². The lowest BCUT2D eigenvalue weighted by atomic mass is 10.4. The van der Waals surface area contributed by atoms with Crippen molar-refractivity contribution in [3.8, 4) is 0 Å². The summed E-state index contributed by atoms with van der Waals surface area (Å²) < 4.78 is 0. The van der Waals surface area contributed by atoms with Gasteiger partial charge in [-0.2, -0.15) is 5.12 Å². The maximum absolute atomic E-state index is 10.4. The molecule has 5 heteroatoms. The summed E-state index contributed by atoms with van der Waals surface area (Å²) in [6.45, 7) is 0. The van der Waals surface area contributed by atoms with Crippen molar-refractivity contribution in [3.63, 3.8) is 0 Å². The van der Waals surface area contributed by atoms with Gasteiger partial charge in [0, 0.05) is 0 Å². The topological polar surface area (TPSA) is 84.7 Å². The molecule has 1 aliphatic heterocycles. The molecule has 0 bridgehead atoms. The third kappa shape index (κ3) is 0.627. The van der Waals surface area contributed by atoms with Crippen LogP contribution >= 0.6 is 0 Å². The third-order valence-corrected chi connectivity index (χ3v) is 0.824. The third-order valence-electron chi connectivity index (χ3n) is 0.824. The second-order valence-corrected chi connectivity index (χ2v) is 1.51. The molecule has 1 aliphatic rings. The molecule has 5 nitrogen and oxygen atoms in total. The predicted molar refractivity (Wildman–Crippen MR) is 27.3 cm³/mol. The first-order chi connectivity index (χ1) is 3.70. The average molecular weight is 114 g/mol. The molecule has 1 rings (SSSR count). The molecule has 4 N–H and O–H groups in total. The fourth-order valence-electron chi connectivity index (χ4n) is 0.465. The Morgan fingerprint density at radius 1 is 1.75 bits per heavy atom. The van der Waals surface area contributed by atoms with Gasteiger partial charge < -0.3 is 5.73 Å². The van der Waals surface area contributed by atoms with Crippen molar-refractivity contribution in [1.82, 2.24) is 5.12 Å². The minimum absolute atomic E-state index is 0.149. The van der Waals surface area contributed by atoms with Crippen molar-refractivity contribution in [2.75, 3.05) is 0 Å². The Kier molecular flexibility index (Phi) is 0.911. The number of carbonyl (C=O) groups excluding carboxylic acids is 1. The number of carbonyl (C=O) groups is 1. The van der Waals surface area contributed by atoms with E-state index in [4.69, 9.17) is 11.6 Å². The van der Waals surface area contributed by atoms with Crippen LogP contribution in [0.4, 0.5) is 0 Å². The number of hydrazine groups is 1. The Morgan fingerprint density at radius 2 is 2.38 bits per heavy atom. The van der Waals surface area contributed by atoms with E-state index in [2.05, 4.69) is 5.10 Å². The van der Waals surface area contributed by atoms with Gasteiger partial charge in [-0.1, -0.05) is 0 Å². The van der Waals surface area contributed by atoms with Gasteiger partial charge in [0.15, 0.2) is 0 Å². The van der Waals surface area contributed by atoms with Crippen molar-refractivity contribution in [1.29, 1.82) is 0 Å². The van der Waals surface area contributed by atoms with E-state index in [1.165, 1.54) is 0 Å². The number of hydrogen-bond donors (Lipinski definition) is 2. The molecule has 1 amide bonds. The Bertz CT molecular complexity index is 151. The molecule has 44 valence electrons. The molecular formula is C3H6N4O. The fourth-order valence-corrected chi connectivity index (χ4v) is 0.465. The summed E-state index contributed by atoms with van der Waals surface area (Å²) in [6.07, 6.45) is 0.149. The zero-order valence-corrected chi connectivity index (χ0v) is 4.16. The number of hydrogen-bond acceptors (Lipinski definition) is 4. The zero-order valence-electron chi connectivity index (χ0n) is 4.16. The summed E-state index contributed by atoms with van der Waals surface area (Å²) >= 11 is 0. The van der Waals surface area contributed by atoms with Crippen LogP contribution in [-0.4, -0.2) is 16.9 Å². The first kappa shape index (κ1) is 5.04. The van der Waals surface area contributed by atoms with Gasteiger partial charge in [0.25, 0.3) is 5.91 Å². The van der Waals surface area contributed by atoms with E-state index < -0.39 is 0 Å². The molecule has 0 saturated heterocycles. The minimum Gasteiger partial charge on any atom is -0.385 e. The molecule has 0 spiro atoms. The van der Waals surface area contributed by atoms with Crippen molar-refractivity contribution >= 4 is 11.7 Å². The highest BCUT2D eigenvalue weighted by Crippen LogP contribution is 1.97. The Balaban J connectivity index is 2.69. The number of nitrogens with zero attached hydrogens (tertiary/aromatic N) is 2. The largest absolute Gasteiger partial charge is 0.385 e. The van der Waals surface area contributed by atoms with Crippen LogP contribution in [-0.2, 0) is 4.79 Å². The van der Waals surface area contributed by atoms with Gasteiger partial charge in [-0.25, -0.2) is 5.84 Å². The van der Waals surface area contributed by atoms with E-state index in [9.17, 15) is 4.79 Å². The van der Waals surface area contributed by atoms with E-state index in [1.54, 1.807) is 0 Å². The van der Waals surface area contributed by atoms with Gasteiger partial charge >= 0.3 is 0 Å². The summed E-state index contributed by atoms with van der Waals surface area (Å²) in [5, 5.41) is 4.17. The second kappa shape index (κ2) is 1.45. The lowest BCUT2D eigenvalue weighted by Gasteiger charge is -1.97. The lowest BCUT2D eigenvalue weighted by molar-refractivity contribution is -0.128. The van der Waals surface area contributed by atoms with E-state index in [1.807, 2.05) is 0 Å². The highest BCUT2D eigenvalue weighted by molar-refractivity contribution is 6.02. The molecule has 0 saturated carbocycles. The molecule has 0 radical (unpaired) electrons. The number of amides is 1. The Labute approximate surface area is 45.9 Å². The minimum atomic E-state index is -0.262. The van der Waals surface area contributed by atoms with Crippen LogP contribution in [0.25, 0.3) is 0 Å². The van der Waals surface area contributed by atoms with Crippen molar-refractivity contribution in [3.05, 3.63) is 0 Å². The maximum Gasteiger partial charge on any atom is 0.265 e. The number of rotatable bonds is 0. The van der Waals surface area contributed by atoms with Gasteiger partial charge in [-0.15, -0.1) is 5.10 Å². The lowest BCUT2D eigenvalue weighted by Crippen LogP contribution is -2.27. The van der Waals surface area contributed by atoms with Crippen LogP contribution in [0, 0.1) is 0 Å². The first-order valence-electron chi connectivity index (χ1n) is 2.11. The quantitative estimate of drug-likeness (QED) is 0.292. The summed E-state index contributed by atoms with van der Waals surface area (Å²) in [5.74, 6) is 5.00. The first-order valence-corrected chi connectivity index (χ1v) is 2.11. The molecule has 0 fully saturated rings. The van der Waals surface area contributed by atoms with Gasteiger partial charge in [0.1, 0.15) is 5.84 Å². The van der Waals surface area contributed by atoms with Gasteiger partial charge in [0.2, 0.25) is 0 Å². The van der Waals surface area contributed by atoms with E-state index in [0.717, 1.165) is 5.12 Å². The Morgan fingerprint density at radius 3 is 2.50 bits per heavy atom. The van der Waals surface area contributed by atoms with Crippen molar-refractivity contribution in [2.24, 2.45) is 16.7 Å². The molecule has 8 heavy (non-hydrogen) atoms. The van der Waals surface area contributed by atoms with E-state index in [-0.39, 0.29) is 18.2 Å². The van der Waals surface area contributed by atoms with Gasteiger partial charge in [0.05, 0.1) is 6.42 Å². The highest BCUT2D eigenvalue weighted by atomic mass is 16.2. The monoisotopic (exact) mass is 114 g/mol. The molecule has 0 aromatic rings. The Hall–Kier alpha value is -1.10. The highest BCUT2D eigenvalue weighted by Gasteiger charge is 2.17. The standard InChI is InChI=1S/C3H6N4O/c4-2-1-3(8)7(5)6-2/h1,5H2,(H2,4,6). The second-order valence-electron chi connectivity index (χ2n) is 1.51. The molecule has 0 atom stereocenters. The predicted octanol–water partition coefficient (Wildman–Crippen LogP) is -1.64. The summed E-state index contributed by atoms with van der Waals surface area (Å²) in [6, 6.07) is 0. The summed E-state index contributed by atoms with van der Waals surface area (Å²) in [5.41, 5.74) is 5.12. The molecule has 0 aromatic carbocycles. The van der Waals surface area contributed by atoms with Gasteiger partial charge in [-0.05, 0) is 0 Å². The maximum atomic E-state index is 10.4. The van der Waals surface area contributed by atoms with Crippen molar-refractivity contribution in [2.45, 2.75) is 6.42 Å². The van der Waals surface area contributed by atoms with E-state index in [0.29, 0.717) is 0 Å². The zero-order chi connectivity index (χ0) is 6.15. The molecule has 0 aromatic heterocycles.